The fourth-order valence-corrected chi connectivity index (χ4v) is 5.94. The summed E-state index contributed by atoms with van der Waals surface area (Å²) in [5, 5.41) is 10.2. The molecule has 140 valence electrons. The van der Waals surface area contributed by atoms with Gasteiger partial charge in [-0.25, -0.2) is 0 Å². The number of carbonyl (C=O) groups is 1. The molecule has 25 heavy (non-hydrogen) atoms. The molecule has 3 aliphatic rings. The number of hydrogen-bond acceptors (Lipinski definition) is 3. The summed E-state index contributed by atoms with van der Waals surface area (Å²) in [6.45, 7) is 12.5. The van der Waals surface area contributed by atoms with Gasteiger partial charge < -0.3 is 9.84 Å². The molecule has 0 amide bonds. The Balaban J connectivity index is 1.94. The molecule has 0 bridgehead atoms. The first kappa shape index (κ1) is 18.7. The molecule has 0 radical (unpaired) electrons. The van der Waals surface area contributed by atoms with Gasteiger partial charge in [-0.3, -0.25) is 4.79 Å². The lowest BCUT2D eigenvalue weighted by Gasteiger charge is -2.59. The van der Waals surface area contributed by atoms with Crippen molar-refractivity contribution in [1.29, 1.82) is 0 Å². The van der Waals surface area contributed by atoms with E-state index in [4.69, 9.17) is 4.74 Å². The first-order chi connectivity index (χ1) is 11.7. The van der Waals surface area contributed by atoms with Gasteiger partial charge in [0.05, 0.1) is 6.61 Å². The molecule has 3 aliphatic carbocycles. The van der Waals surface area contributed by atoms with Crippen molar-refractivity contribution in [1.82, 2.24) is 0 Å². The molecule has 2 fully saturated rings. The lowest BCUT2D eigenvalue weighted by Crippen LogP contribution is -2.54. The molecule has 0 spiro atoms. The number of allylic oxidation sites excluding steroid dienone is 2. The minimum Gasteiger partial charge on any atom is -0.462 e. The van der Waals surface area contributed by atoms with E-state index >= 15 is 0 Å². The molecule has 0 aromatic rings. The Morgan fingerprint density at radius 1 is 1.36 bits per heavy atom. The highest BCUT2D eigenvalue weighted by molar-refractivity contribution is 5.66. The summed E-state index contributed by atoms with van der Waals surface area (Å²) < 4.78 is 5.61. The van der Waals surface area contributed by atoms with Gasteiger partial charge in [0.25, 0.3) is 0 Å². The minimum atomic E-state index is -0.443. The minimum absolute atomic E-state index is 0.0401. The van der Waals surface area contributed by atoms with Crippen LogP contribution in [0.3, 0.4) is 0 Å². The van der Waals surface area contributed by atoms with E-state index in [9.17, 15) is 9.90 Å². The summed E-state index contributed by atoms with van der Waals surface area (Å²) in [4.78, 5) is 11.5. The average molecular weight is 347 g/mol. The number of aliphatic hydroxyl groups is 1. The zero-order chi connectivity index (χ0) is 18.5. The van der Waals surface area contributed by atoms with Gasteiger partial charge in [0.2, 0.25) is 0 Å². The summed E-state index contributed by atoms with van der Waals surface area (Å²) in [7, 11) is 0. The maximum atomic E-state index is 11.5. The molecular weight excluding hydrogens is 312 g/mol. The number of ether oxygens (including phenoxy) is 1. The van der Waals surface area contributed by atoms with Crippen LogP contribution in [-0.4, -0.2) is 23.8 Å². The van der Waals surface area contributed by atoms with E-state index in [1.54, 1.807) is 0 Å². The Hall–Kier alpha value is -1.09. The standard InChI is InChI=1S/C22H34O3/c1-6-20(3)11-12-21(4)16(13-20)7-8-18-17(21)9-10-19(25-15(2)24)22(18,5)14-23/h6,8,16-17,19,23H,1,7,9-14H2,2-5H3/t16-,17-,19-,20-,21-,22-/m1/s1. The highest BCUT2D eigenvalue weighted by atomic mass is 16.5. The third-order valence-corrected chi connectivity index (χ3v) is 7.89. The molecular formula is C22H34O3. The largest absolute Gasteiger partial charge is 0.462 e. The fourth-order valence-electron chi connectivity index (χ4n) is 5.94. The van der Waals surface area contributed by atoms with Gasteiger partial charge in [0.15, 0.2) is 0 Å². The van der Waals surface area contributed by atoms with Gasteiger partial charge in [-0.15, -0.1) is 6.58 Å². The summed E-state index contributed by atoms with van der Waals surface area (Å²) in [6.07, 6.45) is 10.9. The fraction of sp³-hybridized carbons (Fsp3) is 0.773. The van der Waals surface area contributed by atoms with Crippen LogP contribution in [0.2, 0.25) is 0 Å². The Morgan fingerprint density at radius 2 is 2.08 bits per heavy atom. The third kappa shape index (κ3) is 2.89. The number of carbonyl (C=O) groups excluding carboxylic acids is 1. The van der Waals surface area contributed by atoms with Crippen molar-refractivity contribution in [2.75, 3.05) is 6.61 Å². The van der Waals surface area contributed by atoms with Gasteiger partial charge in [-0.2, -0.15) is 0 Å². The van der Waals surface area contributed by atoms with Crippen molar-refractivity contribution < 1.29 is 14.6 Å². The average Bonchev–Trinajstić information content (AvgIpc) is 2.58. The molecule has 0 aromatic heterocycles. The predicted molar refractivity (Wildman–Crippen MR) is 99.9 cm³/mol. The van der Waals surface area contributed by atoms with Crippen LogP contribution in [0.4, 0.5) is 0 Å². The molecule has 3 rings (SSSR count). The van der Waals surface area contributed by atoms with E-state index in [0.29, 0.717) is 11.8 Å². The van der Waals surface area contributed by atoms with Crippen LogP contribution >= 0.6 is 0 Å². The molecule has 0 unspecified atom stereocenters. The number of esters is 1. The Bertz CT molecular complexity index is 594. The first-order valence-electron chi connectivity index (χ1n) is 9.81. The molecule has 0 heterocycles. The van der Waals surface area contributed by atoms with E-state index < -0.39 is 5.41 Å². The van der Waals surface area contributed by atoms with Crippen molar-refractivity contribution in [2.45, 2.75) is 72.3 Å². The molecule has 3 nitrogen and oxygen atoms in total. The Kier molecular flexibility index (Phi) is 4.68. The van der Waals surface area contributed by atoms with Crippen LogP contribution in [0.1, 0.15) is 66.2 Å². The number of fused-ring (bicyclic) bond motifs is 3. The number of aliphatic hydroxyl groups excluding tert-OH is 1. The number of rotatable bonds is 3. The Labute approximate surface area is 152 Å². The van der Waals surface area contributed by atoms with Crippen LogP contribution in [-0.2, 0) is 9.53 Å². The van der Waals surface area contributed by atoms with Crippen molar-refractivity contribution in [3.05, 3.63) is 24.3 Å². The summed E-state index contributed by atoms with van der Waals surface area (Å²) in [6, 6.07) is 0. The smallest absolute Gasteiger partial charge is 0.302 e. The van der Waals surface area contributed by atoms with E-state index in [0.717, 1.165) is 19.3 Å². The van der Waals surface area contributed by atoms with E-state index in [2.05, 4.69) is 39.5 Å². The molecule has 1 N–H and O–H groups in total. The molecule has 6 atom stereocenters. The van der Waals surface area contributed by atoms with Crippen molar-refractivity contribution >= 4 is 5.97 Å². The van der Waals surface area contributed by atoms with Crippen LogP contribution in [0.5, 0.6) is 0 Å². The molecule has 0 aromatic carbocycles. The van der Waals surface area contributed by atoms with Gasteiger partial charge >= 0.3 is 5.97 Å². The van der Waals surface area contributed by atoms with Gasteiger partial charge in [-0.05, 0) is 61.2 Å². The highest BCUT2D eigenvalue weighted by Gasteiger charge is 2.56. The Morgan fingerprint density at radius 3 is 2.68 bits per heavy atom. The van der Waals surface area contributed by atoms with E-state index in [1.165, 1.54) is 31.8 Å². The second-order valence-corrected chi connectivity index (χ2v) is 9.46. The number of hydrogen-bond donors (Lipinski definition) is 1. The van der Waals surface area contributed by atoms with Gasteiger partial charge in [0.1, 0.15) is 6.10 Å². The summed E-state index contributed by atoms with van der Waals surface area (Å²) in [5.74, 6) is 0.916. The van der Waals surface area contributed by atoms with Crippen LogP contribution < -0.4 is 0 Å². The molecule has 0 saturated heterocycles. The van der Waals surface area contributed by atoms with Crippen LogP contribution in [0, 0.1) is 28.1 Å². The highest BCUT2D eigenvalue weighted by Crippen LogP contribution is 2.63. The molecule has 0 aliphatic heterocycles. The topological polar surface area (TPSA) is 46.5 Å². The zero-order valence-electron chi connectivity index (χ0n) is 16.3. The van der Waals surface area contributed by atoms with E-state index in [-0.39, 0.29) is 29.5 Å². The monoisotopic (exact) mass is 346 g/mol. The van der Waals surface area contributed by atoms with Crippen LogP contribution in [0.25, 0.3) is 0 Å². The summed E-state index contributed by atoms with van der Waals surface area (Å²) in [5.41, 5.74) is 1.44. The molecule has 2 saturated carbocycles. The maximum Gasteiger partial charge on any atom is 0.302 e. The quantitative estimate of drug-likeness (QED) is 0.597. The second kappa shape index (κ2) is 6.26. The SMILES string of the molecule is C=C[C@]1(C)CC[C@]2(C)[C@H](CC=C3[C@H]2CC[C@@H](OC(C)=O)[C@]3(C)CO)C1. The normalized spacial score (nSPS) is 46.4. The van der Waals surface area contributed by atoms with E-state index in [1.807, 2.05) is 0 Å². The van der Waals surface area contributed by atoms with Crippen molar-refractivity contribution in [2.24, 2.45) is 28.1 Å². The first-order valence-corrected chi connectivity index (χ1v) is 9.81. The predicted octanol–water partition coefficient (Wildman–Crippen LogP) is 4.66. The summed E-state index contributed by atoms with van der Waals surface area (Å²) >= 11 is 0. The van der Waals surface area contributed by atoms with Crippen LogP contribution in [0.15, 0.2) is 24.3 Å². The molecule has 3 heteroatoms. The van der Waals surface area contributed by atoms with Crippen molar-refractivity contribution in [3.8, 4) is 0 Å². The zero-order valence-corrected chi connectivity index (χ0v) is 16.3. The lowest BCUT2D eigenvalue weighted by molar-refractivity contribution is -0.158. The van der Waals surface area contributed by atoms with Gasteiger partial charge in [-0.1, -0.05) is 38.5 Å². The maximum absolute atomic E-state index is 11.5. The second-order valence-electron chi connectivity index (χ2n) is 9.46. The lowest BCUT2D eigenvalue weighted by atomic mass is 9.46. The van der Waals surface area contributed by atoms with Crippen molar-refractivity contribution in [3.63, 3.8) is 0 Å². The third-order valence-electron chi connectivity index (χ3n) is 7.89. The van der Waals surface area contributed by atoms with Gasteiger partial charge in [0, 0.05) is 12.3 Å².